The van der Waals surface area contributed by atoms with Crippen molar-refractivity contribution in [1.29, 1.82) is 0 Å². The molecule has 0 aliphatic carbocycles. The van der Waals surface area contributed by atoms with Crippen molar-refractivity contribution in [3.63, 3.8) is 0 Å². The van der Waals surface area contributed by atoms with Gasteiger partial charge in [0.2, 0.25) is 5.82 Å². The molecule has 1 aromatic heterocycles. The van der Waals surface area contributed by atoms with Crippen LogP contribution in [-0.4, -0.2) is 38.2 Å². The fourth-order valence-corrected chi connectivity index (χ4v) is 1.25. The zero-order valence-corrected chi connectivity index (χ0v) is 10.3. The average Bonchev–Trinajstić information content (AvgIpc) is 2.77. The molecule has 3 N–H and O–H groups in total. The van der Waals surface area contributed by atoms with Crippen molar-refractivity contribution in [2.24, 2.45) is 0 Å². The van der Waals surface area contributed by atoms with Crippen LogP contribution in [0.25, 0.3) is 0 Å². The van der Waals surface area contributed by atoms with Crippen LogP contribution in [0.4, 0.5) is 0 Å². The Bertz CT molecular complexity index is 453. The van der Waals surface area contributed by atoms with Crippen LogP contribution in [0.15, 0.2) is 12.7 Å². The molecule has 0 saturated heterocycles. The first-order chi connectivity index (χ1) is 8.45. The molecule has 18 heavy (non-hydrogen) atoms. The highest BCUT2D eigenvalue weighted by atomic mass is 16.4. The highest BCUT2D eigenvalue weighted by molar-refractivity contribution is 5.93. The van der Waals surface area contributed by atoms with Crippen LogP contribution >= 0.6 is 0 Å². The average molecular weight is 252 g/mol. The SMILES string of the molecule is C=CCC(NC(=O)c1n[nH]c(C(C)C)n1)C(=O)O. The van der Waals surface area contributed by atoms with Gasteiger partial charge in [-0.1, -0.05) is 19.9 Å². The van der Waals surface area contributed by atoms with Crippen molar-refractivity contribution < 1.29 is 14.7 Å². The molecule has 1 heterocycles. The van der Waals surface area contributed by atoms with E-state index in [-0.39, 0.29) is 18.2 Å². The topological polar surface area (TPSA) is 108 Å². The van der Waals surface area contributed by atoms with Crippen molar-refractivity contribution in [3.05, 3.63) is 24.3 Å². The third-order valence-corrected chi connectivity index (χ3v) is 2.26. The van der Waals surface area contributed by atoms with Gasteiger partial charge in [0.15, 0.2) is 0 Å². The number of hydrogen-bond acceptors (Lipinski definition) is 4. The third-order valence-electron chi connectivity index (χ3n) is 2.26. The van der Waals surface area contributed by atoms with Crippen molar-refractivity contribution in [3.8, 4) is 0 Å². The number of H-pyrrole nitrogens is 1. The molecule has 7 nitrogen and oxygen atoms in total. The largest absolute Gasteiger partial charge is 0.480 e. The zero-order valence-electron chi connectivity index (χ0n) is 10.3. The fourth-order valence-electron chi connectivity index (χ4n) is 1.25. The lowest BCUT2D eigenvalue weighted by molar-refractivity contribution is -0.139. The Labute approximate surface area is 104 Å². The number of nitrogens with zero attached hydrogens (tertiary/aromatic N) is 2. The molecule has 0 bridgehead atoms. The highest BCUT2D eigenvalue weighted by Crippen LogP contribution is 2.07. The molecule has 0 aliphatic heterocycles. The monoisotopic (exact) mass is 252 g/mol. The van der Waals surface area contributed by atoms with Crippen molar-refractivity contribution in [2.45, 2.75) is 32.2 Å². The van der Waals surface area contributed by atoms with Gasteiger partial charge < -0.3 is 10.4 Å². The first kappa shape index (κ1) is 13.9. The first-order valence-electron chi connectivity index (χ1n) is 5.52. The van der Waals surface area contributed by atoms with E-state index in [9.17, 15) is 9.59 Å². The van der Waals surface area contributed by atoms with E-state index in [0.29, 0.717) is 5.82 Å². The molecule has 98 valence electrons. The summed E-state index contributed by atoms with van der Waals surface area (Å²) < 4.78 is 0. The number of amides is 1. The van der Waals surface area contributed by atoms with Crippen LogP contribution in [0.1, 0.15) is 42.6 Å². The third kappa shape index (κ3) is 3.41. The van der Waals surface area contributed by atoms with Crippen LogP contribution in [0, 0.1) is 0 Å². The Morgan fingerprint density at radius 1 is 1.56 bits per heavy atom. The number of carbonyl (C=O) groups excluding carboxylic acids is 1. The van der Waals surface area contributed by atoms with E-state index in [1.54, 1.807) is 0 Å². The molecule has 1 unspecified atom stereocenters. The predicted molar refractivity (Wildman–Crippen MR) is 64.2 cm³/mol. The summed E-state index contributed by atoms with van der Waals surface area (Å²) in [6.07, 6.45) is 1.57. The number of carboxylic acids is 1. The van der Waals surface area contributed by atoms with Gasteiger partial charge >= 0.3 is 5.97 Å². The number of aromatic amines is 1. The second-order valence-corrected chi connectivity index (χ2v) is 4.09. The molecule has 0 radical (unpaired) electrons. The lowest BCUT2D eigenvalue weighted by atomic mass is 10.2. The van der Waals surface area contributed by atoms with Crippen LogP contribution in [0.2, 0.25) is 0 Å². The second kappa shape index (κ2) is 5.95. The van der Waals surface area contributed by atoms with E-state index in [1.165, 1.54) is 6.08 Å². The summed E-state index contributed by atoms with van der Waals surface area (Å²) >= 11 is 0. The van der Waals surface area contributed by atoms with Gasteiger partial charge in [0.05, 0.1) is 0 Å². The molecular weight excluding hydrogens is 236 g/mol. The van der Waals surface area contributed by atoms with Crippen LogP contribution in [-0.2, 0) is 4.79 Å². The summed E-state index contributed by atoms with van der Waals surface area (Å²) in [5.74, 6) is -1.11. The lowest BCUT2D eigenvalue weighted by Crippen LogP contribution is -2.40. The smallest absolute Gasteiger partial charge is 0.326 e. The minimum atomic E-state index is -1.12. The Morgan fingerprint density at radius 2 is 2.22 bits per heavy atom. The van der Waals surface area contributed by atoms with Crippen molar-refractivity contribution >= 4 is 11.9 Å². The van der Waals surface area contributed by atoms with Gasteiger partial charge in [0, 0.05) is 5.92 Å². The number of carboxylic acid groups (broad SMARTS) is 1. The van der Waals surface area contributed by atoms with E-state index in [2.05, 4.69) is 27.1 Å². The van der Waals surface area contributed by atoms with Crippen molar-refractivity contribution in [2.75, 3.05) is 0 Å². The van der Waals surface area contributed by atoms with Gasteiger partial charge in [0.25, 0.3) is 5.91 Å². The quantitative estimate of drug-likeness (QED) is 0.645. The Balaban J connectivity index is 2.74. The molecule has 1 rings (SSSR count). The first-order valence-corrected chi connectivity index (χ1v) is 5.52. The Morgan fingerprint density at radius 3 is 2.67 bits per heavy atom. The summed E-state index contributed by atoms with van der Waals surface area (Å²) in [4.78, 5) is 26.6. The van der Waals surface area contributed by atoms with Gasteiger partial charge in [-0.05, 0) is 6.42 Å². The number of rotatable bonds is 6. The predicted octanol–water partition coefficient (Wildman–Crippen LogP) is 0.687. The zero-order chi connectivity index (χ0) is 13.7. The van der Waals surface area contributed by atoms with Crippen LogP contribution in [0.5, 0.6) is 0 Å². The van der Waals surface area contributed by atoms with E-state index in [4.69, 9.17) is 5.11 Å². The molecular formula is C11H16N4O3. The van der Waals surface area contributed by atoms with Crippen LogP contribution < -0.4 is 5.32 Å². The summed E-state index contributed by atoms with van der Waals surface area (Å²) in [6, 6.07) is -1.02. The van der Waals surface area contributed by atoms with Gasteiger partial charge in [-0.2, -0.15) is 0 Å². The van der Waals surface area contributed by atoms with E-state index in [1.807, 2.05) is 13.8 Å². The van der Waals surface area contributed by atoms with E-state index >= 15 is 0 Å². The number of aromatic nitrogens is 3. The highest BCUT2D eigenvalue weighted by Gasteiger charge is 2.21. The minimum absolute atomic E-state index is 0.0611. The maximum Gasteiger partial charge on any atom is 0.326 e. The molecule has 0 aromatic carbocycles. The van der Waals surface area contributed by atoms with Gasteiger partial charge in [-0.3, -0.25) is 9.89 Å². The van der Waals surface area contributed by atoms with Crippen LogP contribution in [0.3, 0.4) is 0 Å². The van der Waals surface area contributed by atoms with E-state index < -0.39 is 17.9 Å². The number of nitrogens with one attached hydrogen (secondary N) is 2. The molecule has 0 fully saturated rings. The standard InChI is InChI=1S/C11H16N4O3/c1-4-5-7(11(17)18)12-10(16)9-13-8(6(2)3)14-15-9/h4,6-7H,1,5H2,2-3H3,(H,12,16)(H,17,18)(H,13,14,15). The molecule has 0 aliphatic rings. The molecule has 0 spiro atoms. The molecule has 1 amide bonds. The summed E-state index contributed by atoms with van der Waals surface area (Å²) in [7, 11) is 0. The summed E-state index contributed by atoms with van der Waals surface area (Å²) in [6.45, 7) is 7.24. The Hall–Kier alpha value is -2.18. The molecule has 7 heteroatoms. The van der Waals surface area contributed by atoms with Gasteiger partial charge in [-0.25, -0.2) is 9.78 Å². The number of carbonyl (C=O) groups is 2. The maximum atomic E-state index is 11.7. The molecule has 0 saturated carbocycles. The normalized spacial score (nSPS) is 12.2. The molecule has 1 atom stereocenters. The summed E-state index contributed by atoms with van der Waals surface area (Å²) in [5.41, 5.74) is 0. The van der Waals surface area contributed by atoms with Gasteiger partial charge in [-0.15, -0.1) is 11.7 Å². The minimum Gasteiger partial charge on any atom is -0.480 e. The number of hydrogen-bond donors (Lipinski definition) is 3. The maximum absolute atomic E-state index is 11.7. The second-order valence-electron chi connectivity index (χ2n) is 4.09. The molecule has 1 aromatic rings. The fraction of sp³-hybridized carbons (Fsp3) is 0.455. The van der Waals surface area contributed by atoms with E-state index in [0.717, 1.165) is 0 Å². The van der Waals surface area contributed by atoms with Crippen molar-refractivity contribution in [1.82, 2.24) is 20.5 Å². The summed E-state index contributed by atoms with van der Waals surface area (Å²) in [5, 5.41) is 17.6. The number of aliphatic carboxylic acids is 1. The van der Waals surface area contributed by atoms with Gasteiger partial charge in [0.1, 0.15) is 11.9 Å². The lowest BCUT2D eigenvalue weighted by Gasteiger charge is -2.10. The Kier molecular flexibility index (Phi) is 4.59.